The van der Waals surface area contributed by atoms with E-state index >= 15 is 0 Å². The number of carbonyl (C=O) groups excluding carboxylic acids is 1. The number of aliphatic hydroxyl groups excluding tert-OH is 1. The first-order valence-corrected chi connectivity index (χ1v) is 9.15. The lowest BCUT2D eigenvalue weighted by Crippen LogP contribution is -2.40. The predicted octanol–water partition coefficient (Wildman–Crippen LogP) is 3.81. The molecule has 1 aliphatic rings. The molecule has 1 amide bonds. The number of carbonyl (C=O) groups is 1. The number of aromatic nitrogens is 1. The zero-order chi connectivity index (χ0) is 18.1. The molecule has 1 aliphatic heterocycles. The summed E-state index contributed by atoms with van der Waals surface area (Å²) in [4.78, 5) is 14.8. The monoisotopic (exact) mass is 340 g/mol. The Hall–Kier alpha value is -2.07. The third kappa shape index (κ3) is 3.49. The molecule has 0 saturated carbocycles. The van der Waals surface area contributed by atoms with Gasteiger partial charge in [0, 0.05) is 30.2 Å². The van der Waals surface area contributed by atoms with Gasteiger partial charge in [-0.15, -0.1) is 0 Å². The summed E-state index contributed by atoms with van der Waals surface area (Å²) >= 11 is 0. The minimum Gasteiger partial charge on any atom is -0.393 e. The molecular formula is C21H28N2O2. The van der Waals surface area contributed by atoms with Gasteiger partial charge < -0.3 is 14.6 Å². The van der Waals surface area contributed by atoms with Gasteiger partial charge in [-0.2, -0.15) is 0 Å². The van der Waals surface area contributed by atoms with Crippen molar-refractivity contribution in [3.05, 3.63) is 52.8 Å². The van der Waals surface area contributed by atoms with Crippen LogP contribution in [-0.2, 0) is 0 Å². The van der Waals surface area contributed by atoms with E-state index in [1.165, 1.54) is 5.56 Å². The third-order valence-corrected chi connectivity index (χ3v) is 5.21. The van der Waals surface area contributed by atoms with Crippen molar-refractivity contribution in [2.24, 2.45) is 0 Å². The van der Waals surface area contributed by atoms with Crippen LogP contribution in [0.15, 0.2) is 30.3 Å². The van der Waals surface area contributed by atoms with E-state index in [1.807, 2.05) is 24.8 Å². The molecule has 134 valence electrons. The standard InChI is InChI=1S/C21H28N2O2/c1-14(2)17-6-5-7-18(13-17)23-15(3)12-20(16(23)4)21(25)22-10-8-19(24)9-11-22/h5-7,12-14,19,24H,8-11H2,1-4H3. The first kappa shape index (κ1) is 17.7. The molecule has 1 aromatic heterocycles. The number of amides is 1. The lowest BCUT2D eigenvalue weighted by molar-refractivity contribution is 0.0546. The Kier molecular flexibility index (Phi) is 5.00. The number of aryl methyl sites for hydroxylation is 1. The molecule has 1 saturated heterocycles. The number of piperidine rings is 1. The van der Waals surface area contributed by atoms with Crippen molar-refractivity contribution >= 4 is 5.91 Å². The number of hydrogen-bond donors (Lipinski definition) is 1. The Morgan fingerprint density at radius 3 is 2.48 bits per heavy atom. The summed E-state index contributed by atoms with van der Waals surface area (Å²) in [7, 11) is 0. The molecule has 2 aromatic rings. The molecule has 0 spiro atoms. The maximum absolute atomic E-state index is 12.9. The Bertz CT molecular complexity index is 768. The van der Waals surface area contributed by atoms with Crippen LogP contribution >= 0.6 is 0 Å². The lowest BCUT2D eigenvalue weighted by atomic mass is 10.0. The zero-order valence-electron chi connectivity index (χ0n) is 15.6. The fraction of sp³-hybridized carbons (Fsp3) is 0.476. The van der Waals surface area contributed by atoms with Gasteiger partial charge in [0.25, 0.3) is 5.91 Å². The number of benzene rings is 1. The smallest absolute Gasteiger partial charge is 0.255 e. The average molecular weight is 340 g/mol. The van der Waals surface area contributed by atoms with Gasteiger partial charge in [0.1, 0.15) is 0 Å². The molecule has 4 heteroatoms. The average Bonchev–Trinajstić information content (AvgIpc) is 2.89. The third-order valence-electron chi connectivity index (χ3n) is 5.21. The van der Waals surface area contributed by atoms with Crippen molar-refractivity contribution in [2.45, 2.75) is 52.6 Å². The highest BCUT2D eigenvalue weighted by molar-refractivity contribution is 5.96. The molecule has 3 rings (SSSR count). The highest BCUT2D eigenvalue weighted by atomic mass is 16.3. The largest absolute Gasteiger partial charge is 0.393 e. The first-order valence-electron chi connectivity index (χ1n) is 9.15. The van der Waals surface area contributed by atoms with Gasteiger partial charge in [0.15, 0.2) is 0 Å². The first-order chi connectivity index (χ1) is 11.9. The summed E-state index contributed by atoms with van der Waals surface area (Å²) < 4.78 is 2.16. The number of aliphatic hydroxyl groups is 1. The summed E-state index contributed by atoms with van der Waals surface area (Å²) in [5.74, 6) is 0.545. The molecule has 25 heavy (non-hydrogen) atoms. The van der Waals surface area contributed by atoms with Crippen LogP contribution in [0.2, 0.25) is 0 Å². The van der Waals surface area contributed by atoms with E-state index in [-0.39, 0.29) is 12.0 Å². The number of nitrogens with zero attached hydrogens (tertiary/aromatic N) is 2. The predicted molar refractivity (Wildman–Crippen MR) is 100 cm³/mol. The van der Waals surface area contributed by atoms with E-state index in [4.69, 9.17) is 0 Å². The van der Waals surface area contributed by atoms with Crippen molar-refractivity contribution in [3.8, 4) is 5.69 Å². The SMILES string of the molecule is Cc1cc(C(=O)N2CCC(O)CC2)c(C)n1-c1cccc(C(C)C)c1. The number of likely N-dealkylation sites (tertiary alicyclic amines) is 1. The molecule has 0 atom stereocenters. The van der Waals surface area contributed by atoms with E-state index in [2.05, 4.69) is 42.7 Å². The highest BCUT2D eigenvalue weighted by Gasteiger charge is 2.25. The molecule has 0 aliphatic carbocycles. The minimum atomic E-state index is -0.268. The fourth-order valence-corrected chi connectivity index (χ4v) is 3.64. The van der Waals surface area contributed by atoms with Gasteiger partial charge in [0.2, 0.25) is 0 Å². The number of hydrogen-bond acceptors (Lipinski definition) is 2. The molecule has 4 nitrogen and oxygen atoms in total. The second-order valence-electron chi connectivity index (χ2n) is 7.39. The summed E-state index contributed by atoms with van der Waals surface area (Å²) in [6.45, 7) is 9.70. The molecule has 1 aromatic carbocycles. The second-order valence-corrected chi connectivity index (χ2v) is 7.39. The fourth-order valence-electron chi connectivity index (χ4n) is 3.64. The molecule has 1 fully saturated rings. The maximum atomic E-state index is 12.9. The Labute approximate surface area is 150 Å². The normalized spacial score (nSPS) is 15.8. The lowest BCUT2D eigenvalue weighted by Gasteiger charge is -2.29. The summed E-state index contributed by atoms with van der Waals surface area (Å²) in [6, 6.07) is 10.5. The summed E-state index contributed by atoms with van der Waals surface area (Å²) in [6.07, 6.45) is 1.07. The Morgan fingerprint density at radius 2 is 1.84 bits per heavy atom. The van der Waals surface area contributed by atoms with Crippen LogP contribution in [0.4, 0.5) is 0 Å². The van der Waals surface area contributed by atoms with Crippen LogP contribution in [0.25, 0.3) is 5.69 Å². The van der Waals surface area contributed by atoms with Gasteiger partial charge in [-0.1, -0.05) is 26.0 Å². The van der Waals surface area contributed by atoms with Crippen LogP contribution in [-0.4, -0.2) is 39.7 Å². The van der Waals surface area contributed by atoms with E-state index in [1.54, 1.807) is 0 Å². The van der Waals surface area contributed by atoms with Crippen LogP contribution in [0.5, 0.6) is 0 Å². The molecule has 2 heterocycles. The highest BCUT2D eigenvalue weighted by Crippen LogP contribution is 2.25. The minimum absolute atomic E-state index is 0.0752. The van der Waals surface area contributed by atoms with Crippen LogP contribution in [0.1, 0.15) is 59.9 Å². The van der Waals surface area contributed by atoms with Crippen molar-refractivity contribution in [3.63, 3.8) is 0 Å². The summed E-state index contributed by atoms with van der Waals surface area (Å²) in [5.41, 5.74) is 5.22. The quantitative estimate of drug-likeness (QED) is 0.923. The van der Waals surface area contributed by atoms with Crippen molar-refractivity contribution in [1.82, 2.24) is 9.47 Å². The number of rotatable bonds is 3. The van der Waals surface area contributed by atoms with E-state index < -0.39 is 0 Å². The van der Waals surface area contributed by atoms with E-state index in [0.717, 1.165) is 22.6 Å². The second kappa shape index (κ2) is 7.04. The Morgan fingerprint density at radius 1 is 1.16 bits per heavy atom. The van der Waals surface area contributed by atoms with Gasteiger partial charge in [-0.05, 0) is 56.4 Å². The van der Waals surface area contributed by atoms with Crippen molar-refractivity contribution in [1.29, 1.82) is 0 Å². The Balaban J connectivity index is 1.93. The van der Waals surface area contributed by atoms with Crippen molar-refractivity contribution < 1.29 is 9.90 Å². The van der Waals surface area contributed by atoms with Crippen LogP contribution < -0.4 is 0 Å². The molecule has 0 unspecified atom stereocenters. The molecule has 0 radical (unpaired) electrons. The van der Waals surface area contributed by atoms with Gasteiger partial charge in [-0.25, -0.2) is 0 Å². The maximum Gasteiger partial charge on any atom is 0.255 e. The summed E-state index contributed by atoms with van der Waals surface area (Å²) in [5, 5.41) is 9.66. The van der Waals surface area contributed by atoms with E-state index in [9.17, 15) is 9.90 Å². The van der Waals surface area contributed by atoms with Gasteiger partial charge >= 0.3 is 0 Å². The van der Waals surface area contributed by atoms with Gasteiger partial charge in [-0.3, -0.25) is 4.79 Å². The molecule has 1 N–H and O–H groups in total. The van der Waals surface area contributed by atoms with Crippen molar-refractivity contribution in [2.75, 3.05) is 13.1 Å². The van der Waals surface area contributed by atoms with Gasteiger partial charge in [0.05, 0.1) is 11.7 Å². The van der Waals surface area contributed by atoms with Crippen LogP contribution in [0.3, 0.4) is 0 Å². The van der Waals surface area contributed by atoms with E-state index in [0.29, 0.717) is 31.8 Å². The molecule has 0 bridgehead atoms. The van der Waals surface area contributed by atoms with Crippen LogP contribution in [0, 0.1) is 13.8 Å². The molecular weight excluding hydrogens is 312 g/mol. The zero-order valence-corrected chi connectivity index (χ0v) is 15.6. The topological polar surface area (TPSA) is 45.5 Å².